The molecule has 1 aliphatic rings. The molecular weight excluding hydrogens is 313 g/mol. The number of nitrogens with zero attached hydrogens (tertiary/aromatic N) is 4. The van der Waals surface area contributed by atoms with E-state index in [1.807, 2.05) is 25.1 Å². The van der Waals surface area contributed by atoms with Gasteiger partial charge in [-0.25, -0.2) is 0 Å². The normalized spacial score (nSPS) is 17.2. The van der Waals surface area contributed by atoms with Gasteiger partial charge in [-0.1, -0.05) is 23.4 Å². The van der Waals surface area contributed by atoms with E-state index in [9.17, 15) is 9.82 Å². The van der Waals surface area contributed by atoms with Gasteiger partial charge in [0.25, 0.3) is 5.91 Å². The van der Waals surface area contributed by atoms with Crippen molar-refractivity contribution in [3.05, 3.63) is 41.7 Å². The van der Waals surface area contributed by atoms with Crippen LogP contribution in [-0.2, 0) is 17.8 Å². The minimum Gasteiger partial charge on any atom is -0.534 e. The summed E-state index contributed by atoms with van der Waals surface area (Å²) in [6.45, 7) is 1.80. The molecule has 0 bridgehead atoms. The number of amides is 1. The van der Waals surface area contributed by atoms with Gasteiger partial charge in [-0.05, 0) is 24.5 Å². The Labute approximate surface area is 138 Å². The number of benzene rings is 1. The van der Waals surface area contributed by atoms with Gasteiger partial charge in [-0.15, -0.1) is 0 Å². The first kappa shape index (κ1) is 16.0. The molecule has 0 aliphatic carbocycles. The van der Waals surface area contributed by atoms with Crippen LogP contribution in [-0.4, -0.2) is 49.9 Å². The van der Waals surface area contributed by atoms with Crippen LogP contribution in [0.4, 0.5) is 0 Å². The van der Waals surface area contributed by atoms with Crippen molar-refractivity contribution in [3.8, 4) is 5.75 Å². The highest BCUT2D eigenvalue weighted by atomic mass is 16.5. The van der Waals surface area contributed by atoms with Crippen LogP contribution in [0, 0.1) is 6.92 Å². The number of hydrogen-bond donors (Lipinski definition) is 3. The molecule has 0 spiro atoms. The molecule has 1 amide bonds. The monoisotopic (exact) mass is 329 g/mol. The van der Waals surface area contributed by atoms with Crippen LogP contribution in [0.5, 0.6) is 5.75 Å². The SMILES string of the molecule is Cc1cccc2c1OB(O)[C@@H](NC(=O)/C(Cn1nccn1)=N\O)C2. The van der Waals surface area contributed by atoms with Crippen LogP contribution in [0.2, 0.25) is 0 Å². The number of aryl methyl sites for hydroxylation is 1. The van der Waals surface area contributed by atoms with Gasteiger partial charge in [0, 0.05) is 0 Å². The number of carbonyl (C=O) groups excluding carboxylic acids is 1. The lowest BCUT2D eigenvalue weighted by Gasteiger charge is -2.29. The number of aromatic nitrogens is 3. The standard InChI is InChI=1S/C14H16BN5O4/c1-9-3-2-4-10-7-12(15(22)24-13(9)10)18-14(21)11(19-23)8-20-16-5-6-17-20/h2-6,12,22-23H,7-8H2,1H3,(H,18,21)/b19-11-/t12-/m0/s1. The van der Waals surface area contributed by atoms with Crippen molar-refractivity contribution >= 4 is 18.7 Å². The molecule has 10 heteroatoms. The van der Waals surface area contributed by atoms with Gasteiger partial charge in [0.05, 0.1) is 18.3 Å². The maximum absolute atomic E-state index is 12.3. The molecule has 0 saturated heterocycles. The van der Waals surface area contributed by atoms with E-state index >= 15 is 0 Å². The second-order valence-electron chi connectivity index (χ2n) is 5.46. The highest BCUT2D eigenvalue weighted by Gasteiger charge is 2.37. The molecule has 2 aromatic rings. The number of nitrogens with one attached hydrogen (secondary N) is 1. The molecule has 24 heavy (non-hydrogen) atoms. The summed E-state index contributed by atoms with van der Waals surface area (Å²) in [5.41, 5.74) is 1.63. The van der Waals surface area contributed by atoms with E-state index in [1.165, 1.54) is 17.2 Å². The number of rotatable bonds is 4. The van der Waals surface area contributed by atoms with Crippen LogP contribution in [0.3, 0.4) is 0 Å². The predicted molar refractivity (Wildman–Crippen MR) is 84.7 cm³/mol. The molecule has 0 fully saturated rings. The molecule has 0 saturated carbocycles. The molecule has 1 aliphatic heterocycles. The van der Waals surface area contributed by atoms with E-state index in [-0.39, 0.29) is 12.3 Å². The molecule has 0 radical (unpaired) electrons. The number of oxime groups is 1. The largest absolute Gasteiger partial charge is 0.547 e. The van der Waals surface area contributed by atoms with Gasteiger partial charge in [-0.3, -0.25) is 4.79 Å². The van der Waals surface area contributed by atoms with Crippen molar-refractivity contribution in [2.45, 2.75) is 25.8 Å². The Hall–Kier alpha value is -2.88. The Morgan fingerprint density at radius 2 is 2.25 bits per heavy atom. The molecule has 2 heterocycles. The van der Waals surface area contributed by atoms with Crippen molar-refractivity contribution in [1.29, 1.82) is 0 Å². The van der Waals surface area contributed by atoms with E-state index in [4.69, 9.17) is 9.86 Å². The third-order valence-corrected chi connectivity index (χ3v) is 3.77. The highest BCUT2D eigenvalue weighted by Crippen LogP contribution is 2.29. The second kappa shape index (κ2) is 6.71. The molecule has 124 valence electrons. The van der Waals surface area contributed by atoms with Gasteiger partial charge in [0.1, 0.15) is 12.3 Å². The number of hydrogen-bond acceptors (Lipinski definition) is 7. The van der Waals surface area contributed by atoms with Gasteiger partial charge >= 0.3 is 7.12 Å². The Bertz CT molecular complexity index is 765. The Kier molecular flexibility index (Phi) is 4.47. The van der Waals surface area contributed by atoms with Crippen molar-refractivity contribution in [1.82, 2.24) is 20.3 Å². The van der Waals surface area contributed by atoms with E-state index < -0.39 is 19.0 Å². The summed E-state index contributed by atoms with van der Waals surface area (Å²) in [6, 6.07) is 5.65. The zero-order chi connectivity index (χ0) is 17.1. The summed E-state index contributed by atoms with van der Waals surface area (Å²) in [7, 11) is -1.19. The zero-order valence-corrected chi connectivity index (χ0v) is 13.0. The fraction of sp³-hybridized carbons (Fsp3) is 0.286. The quantitative estimate of drug-likeness (QED) is 0.302. The van der Waals surface area contributed by atoms with Crippen molar-refractivity contribution < 1.29 is 19.7 Å². The molecular formula is C14H16BN5O4. The first-order chi connectivity index (χ1) is 11.6. The summed E-state index contributed by atoms with van der Waals surface area (Å²) in [4.78, 5) is 13.5. The van der Waals surface area contributed by atoms with Crippen LogP contribution in [0.1, 0.15) is 11.1 Å². The maximum atomic E-state index is 12.3. The Morgan fingerprint density at radius 1 is 1.50 bits per heavy atom. The lowest BCUT2D eigenvalue weighted by Crippen LogP contribution is -2.54. The summed E-state index contributed by atoms with van der Waals surface area (Å²) in [5, 5.41) is 32.5. The average Bonchev–Trinajstić information content (AvgIpc) is 3.07. The summed E-state index contributed by atoms with van der Waals surface area (Å²) in [6.07, 6.45) is 3.30. The van der Waals surface area contributed by atoms with E-state index in [2.05, 4.69) is 20.7 Å². The molecule has 1 aromatic heterocycles. The first-order valence-electron chi connectivity index (χ1n) is 7.37. The van der Waals surface area contributed by atoms with Crippen LogP contribution in [0.25, 0.3) is 0 Å². The molecule has 9 nitrogen and oxygen atoms in total. The summed E-state index contributed by atoms with van der Waals surface area (Å²) >= 11 is 0. The fourth-order valence-electron chi connectivity index (χ4n) is 2.57. The number of para-hydroxylation sites is 1. The molecule has 3 rings (SSSR count). The van der Waals surface area contributed by atoms with Gasteiger partial charge in [0.2, 0.25) is 0 Å². The number of fused-ring (bicyclic) bond motifs is 1. The van der Waals surface area contributed by atoms with Gasteiger partial charge in [-0.2, -0.15) is 15.0 Å². The smallest absolute Gasteiger partial charge is 0.534 e. The van der Waals surface area contributed by atoms with Crippen molar-refractivity contribution in [2.75, 3.05) is 0 Å². The second-order valence-corrected chi connectivity index (χ2v) is 5.46. The minimum atomic E-state index is -1.19. The topological polar surface area (TPSA) is 122 Å². The van der Waals surface area contributed by atoms with Crippen molar-refractivity contribution in [2.24, 2.45) is 5.16 Å². The van der Waals surface area contributed by atoms with Gasteiger partial charge in [0.15, 0.2) is 5.71 Å². The summed E-state index contributed by atoms with van der Waals surface area (Å²) in [5.74, 6) is -0.653. The van der Waals surface area contributed by atoms with Crippen LogP contribution >= 0.6 is 0 Å². The molecule has 0 unspecified atom stereocenters. The first-order valence-corrected chi connectivity index (χ1v) is 7.37. The maximum Gasteiger partial charge on any atom is 0.547 e. The lowest BCUT2D eigenvalue weighted by molar-refractivity contribution is -0.115. The lowest BCUT2D eigenvalue weighted by atomic mass is 9.72. The Morgan fingerprint density at radius 3 is 2.96 bits per heavy atom. The predicted octanol–water partition coefficient (Wildman–Crippen LogP) is -0.444. The molecule has 3 N–H and O–H groups in total. The molecule has 1 atom stereocenters. The van der Waals surface area contributed by atoms with Crippen LogP contribution in [0.15, 0.2) is 35.7 Å². The highest BCUT2D eigenvalue weighted by molar-refractivity contribution is 6.48. The fourth-order valence-corrected chi connectivity index (χ4v) is 2.57. The third-order valence-electron chi connectivity index (χ3n) is 3.77. The average molecular weight is 329 g/mol. The summed E-state index contributed by atoms with van der Waals surface area (Å²) < 4.78 is 5.50. The van der Waals surface area contributed by atoms with Crippen LogP contribution < -0.4 is 9.97 Å². The van der Waals surface area contributed by atoms with E-state index in [0.717, 1.165) is 11.1 Å². The van der Waals surface area contributed by atoms with Gasteiger partial charge < -0.3 is 20.2 Å². The zero-order valence-electron chi connectivity index (χ0n) is 13.0. The Balaban J connectivity index is 1.70. The van der Waals surface area contributed by atoms with E-state index in [0.29, 0.717) is 12.2 Å². The van der Waals surface area contributed by atoms with E-state index in [1.54, 1.807) is 0 Å². The third kappa shape index (κ3) is 3.23. The number of carbonyl (C=O) groups is 1. The minimum absolute atomic E-state index is 0.0886. The molecule has 1 aromatic carbocycles. The van der Waals surface area contributed by atoms with Crippen molar-refractivity contribution in [3.63, 3.8) is 0 Å².